The second kappa shape index (κ2) is 12.3. The van der Waals surface area contributed by atoms with Crippen LogP contribution in [0.2, 0.25) is 10.0 Å². The Morgan fingerprint density at radius 3 is 2.28 bits per heavy atom. The van der Waals surface area contributed by atoms with Crippen molar-refractivity contribution in [1.82, 2.24) is 4.90 Å². The largest absolute Gasteiger partial charge is 0.478 e. The Bertz CT molecular complexity index is 1850. The van der Waals surface area contributed by atoms with Crippen molar-refractivity contribution in [3.05, 3.63) is 75.0 Å². The number of aromatic carboxylic acids is 1. The molecule has 50 heavy (non-hydrogen) atoms. The first-order valence-electron chi connectivity index (χ1n) is 17.1. The summed E-state index contributed by atoms with van der Waals surface area (Å²) in [7, 11) is 0. The van der Waals surface area contributed by atoms with Crippen molar-refractivity contribution >= 4 is 46.5 Å². The summed E-state index contributed by atoms with van der Waals surface area (Å²) in [6.45, 7) is 4.25. The first-order valence-corrected chi connectivity index (χ1v) is 17.9. The number of morpholine rings is 1. The SMILES string of the molecule is O=C(O)c1cc(F)c(-c2cccc3c2OCN(C(=O)c2c(Cl)cc(N4CC5(CC(OC6COC6)C5)C4)cc2Cl)C3)cc1N1C2CCC1COC2. The fourth-order valence-corrected chi connectivity index (χ4v) is 9.30. The van der Waals surface area contributed by atoms with Gasteiger partial charge in [-0.2, -0.15) is 0 Å². The predicted molar refractivity (Wildman–Crippen MR) is 184 cm³/mol. The van der Waals surface area contributed by atoms with E-state index in [-0.39, 0.29) is 69.5 Å². The van der Waals surface area contributed by atoms with Crippen LogP contribution >= 0.6 is 23.2 Å². The highest BCUT2D eigenvalue weighted by Gasteiger charge is 2.53. The lowest BCUT2D eigenvalue weighted by Gasteiger charge is -2.60. The number of carbonyl (C=O) groups excluding carboxylic acids is 1. The number of halogens is 3. The number of carboxylic acids is 1. The van der Waals surface area contributed by atoms with Crippen LogP contribution in [0, 0.1) is 11.2 Å². The van der Waals surface area contributed by atoms with Gasteiger partial charge in [0.15, 0.2) is 6.73 Å². The van der Waals surface area contributed by atoms with Crippen LogP contribution in [0.25, 0.3) is 11.1 Å². The minimum atomic E-state index is -1.19. The molecule has 5 fully saturated rings. The molecule has 1 aliphatic carbocycles. The summed E-state index contributed by atoms with van der Waals surface area (Å²) in [6, 6.07) is 11.7. The van der Waals surface area contributed by atoms with Crippen LogP contribution in [0.4, 0.5) is 15.8 Å². The maximum atomic E-state index is 15.7. The van der Waals surface area contributed by atoms with E-state index in [1.54, 1.807) is 30.3 Å². The third kappa shape index (κ3) is 5.40. The van der Waals surface area contributed by atoms with E-state index in [9.17, 15) is 14.7 Å². The van der Waals surface area contributed by atoms with Crippen molar-refractivity contribution in [2.24, 2.45) is 5.41 Å². The van der Waals surface area contributed by atoms with Gasteiger partial charge < -0.3 is 38.8 Å². The van der Waals surface area contributed by atoms with E-state index >= 15 is 4.39 Å². The van der Waals surface area contributed by atoms with Gasteiger partial charge in [-0.25, -0.2) is 9.18 Å². The zero-order valence-corrected chi connectivity index (χ0v) is 28.7. The normalized spacial score (nSPS) is 23.9. The average molecular weight is 725 g/mol. The number of amides is 1. The molecule has 0 aromatic heterocycles. The molecule has 3 aromatic carbocycles. The number of ether oxygens (including phenoxy) is 4. The molecular formula is C37H36Cl2FN3O7. The molecule has 1 amide bonds. The van der Waals surface area contributed by atoms with E-state index in [1.165, 1.54) is 4.90 Å². The molecule has 262 valence electrons. The number of fused-ring (bicyclic) bond motifs is 3. The maximum Gasteiger partial charge on any atom is 0.337 e. The Balaban J connectivity index is 0.924. The van der Waals surface area contributed by atoms with E-state index in [2.05, 4.69) is 9.80 Å². The fourth-order valence-electron chi connectivity index (χ4n) is 8.67. The number of hydrogen-bond donors (Lipinski definition) is 1. The number of carboxylic acid groups (broad SMARTS) is 1. The molecule has 2 atom stereocenters. The van der Waals surface area contributed by atoms with Crippen LogP contribution in [0.1, 0.15) is 52.0 Å². The van der Waals surface area contributed by atoms with Gasteiger partial charge >= 0.3 is 5.97 Å². The Hall–Kier alpha value is -3.61. The summed E-state index contributed by atoms with van der Waals surface area (Å²) >= 11 is 13.5. The Labute approximate surface area is 298 Å². The summed E-state index contributed by atoms with van der Waals surface area (Å²) in [5.74, 6) is -1.78. The minimum absolute atomic E-state index is 0.0316. The highest BCUT2D eigenvalue weighted by atomic mass is 35.5. The van der Waals surface area contributed by atoms with Gasteiger partial charge in [0.05, 0.1) is 78.0 Å². The van der Waals surface area contributed by atoms with Gasteiger partial charge in [-0.1, -0.05) is 41.4 Å². The first-order chi connectivity index (χ1) is 24.2. The molecule has 2 bridgehead atoms. The van der Waals surface area contributed by atoms with Gasteiger partial charge in [-0.05, 0) is 49.9 Å². The molecule has 13 heteroatoms. The molecule has 1 spiro atoms. The quantitative estimate of drug-likeness (QED) is 0.304. The van der Waals surface area contributed by atoms with Crippen LogP contribution in [-0.4, -0.2) is 92.4 Å². The van der Waals surface area contributed by atoms with Gasteiger partial charge in [-0.15, -0.1) is 0 Å². The van der Waals surface area contributed by atoms with Gasteiger partial charge in [0.2, 0.25) is 0 Å². The van der Waals surface area contributed by atoms with Crippen LogP contribution in [0.5, 0.6) is 5.75 Å². The molecule has 3 aromatic rings. The fraction of sp³-hybridized carbons (Fsp3) is 0.459. The molecule has 2 unspecified atom stereocenters. The molecule has 6 aliphatic rings. The summed E-state index contributed by atoms with van der Waals surface area (Å²) in [5, 5.41) is 10.5. The Morgan fingerprint density at radius 2 is 1.62 bits per heavy atom. The lowest BCUT2D eigenvalue weighted by Crippen LogP contribution is -2.65. The Morgan fingerprint density at radius 1 is 0.920 bits per heavy atom. The topological polar surface area (TPSA) is 101 Å². The zero-order chi connectivity index (χ0) is 34.3. The van der Waals surface area contributed by atoms with Crippen molar-refractivity contribution in [2.45, 2.75) is 56.5 Å². The lowest BCUT2D eigenvalue weighted by molar-refractivity contribution is -0.196. The number of rotatable bonds is 7. The van der Waals surface area contributed by atoms with Crippen LogP contribution < -0.4 is 14.5 Å². The molecule has 4 saturated heterocycles. The standard InChI is InChI=1S/C37H36Cl2FN3O7/c38-29-6-23(42-17-37(18-42)10-24(11-37)50-25-15-48-16-25)7-30(39)33(29)35(44)41-12-20-2-1-3-26(34(20)49-19-41)27-9-32(28(36(45)46)8-31(27)40)43-21-4-5-22(43)14-47-13-21/h1-3,6-9,21-22,24-25H,4-5,10-19H2,(H,45,46). The van der Waals surface area contributed by atoms with Crippen molar-refractivity contribution in [3.63, 3.8) is 0 Å². The number of para-hydroxylation sites is 1. The average Bonchev–Trinajstić information content (AvgIpc) is 3.28. The molecule has 1 saturated carbocycles. The summed E-state index contributed by atoms with van der Waals surface area (Å²) in [4.78, 5) is 31.9. The first kappa shape index (κ1) is 32.3. The molecule has 0 radical (unpaired) electrons. The molecule has 5 aliphatic heterocycles. The number of hydrogen-bond acceptors (Lipinski definition) is 8. The van der Waals surface area contributed by atoms with Crippen molar-refractivity contribution in [3.8, 4) is 16.9 Å². The number of benzene rings is 3. The second-order valence-electron chi connectivity index (χ2n) is 14.5. The van der Waals surface area contributed by atoms with Crippen molar-refractivity contribution < 1.29 is 38.0 Å². The van der Waals surface area contributed by atoms with Crippen LogP contribution in [0.15, 0.2) is 42.5 Å². The van der Waals surface area contributed by atoms with Gasteiger partial charge in [0.1, 0.15) is 17.7 Å². The van der Waals surface area contributed by atoms with E-state index in [0.717, 1.165) is 50.5 Å². The van der Waals surface area contributed by atoms with Gasteiger partial charge in [-0.3, -0.25) is 4.79 Å². The molecule has 5 heterocycles. The van der Waals surface area contributed by atoms with Gasteiger partial charge in [0.25, 0.3) is 5.91 Å². The Kier molecular flexibility index (Phi) is 7.93. The third-order valence-corrected chi connectivity index (χ3v) is 11.8. The smallest absolute Gasteiger partial charge is 0.337 e. The zero-order valence-electron chi connectivity index (χ0n) is 27.2. The monoisotopic (exact) mass is 723 g/mol. The lowest BCUT2D eigenvalue weighted by atomic mass is 9.61. The minimum Gasteiger partial charge on any atom is -0.478 e. The van der Waals surface area contributed by atoms with E-state index in [0.29, 0.717) is 55.1 Å². The number of anilines is 2. The molecule has 9 rings (SSSR count). The van der Waals surface area contributed by atoms with Crippen LogP contribution in [-0.2, 0) is 20.8 Å². The summed E-state index contributed by atoms with van der Waals surface area (Å²) in [6.07, 6.45) is 4.37. The summed E-state index contributed by atoms with van der Waals surface area (Å²) < 4.78 is 38.9. The highest BCUT2D eigenvalue weighted by Crippen LogP contribution is 2.52. The van der Waals surface area contributed by atoms with Crippen LogP contribution in [0.3, 0.4) is 0 Å². The number of nitrogens with zero attached hydrogens (tertiary/aromatic N) is 3. The van der Waals surface area contributed by atoms with Gasteiger partial charge in [0, 0.05) is 40.9 Å². The molecule has 1 N–H and O–H groups in total. The van der Waals surface area contributed by atoms with Crippen molar-refractivity contribution in [2.75, 3.05) is 56.0 Å². The predicted octanol–water partition coefficient (Wildman–Crippen LogP) is 6.24. The maximum absolute atomic E-state index is 15.7. The van der Waals surface area contributed by atoms with Crippen molar-refractivity contribution in [1.29, 1.82) is 0 Å². The third-order valence-electron chi connectivity index (χ3n) is 11.2. The second-order valence-corrected chi connectivity index (χ2v) is 15.3. The van der Waals surface area contributed by atoms with E-state index in [4.69, 9.17) is 42.1 Å². The van der Waals surface area contributed by atoms with E-state index < -0.39 is 11.8 Å². The molecular weight excluding hydrogens is 688 g/mol. The highest BCUT2D eigenvalue weighted by molar-refractivity contribution is 6.40. The summed E-state index contributed by atoms with van der Waals surface area (Å²) in [5.41, 5.74) is 3.13. The molecule has 10 nitrogen and oxygen atoms in total. The number of carbonyl (C=O) groups is 2. The van der Waals surface area contributed by atoms with E-state index in [1.807, 2.05) is 6.07 Å².